The van der Waals surface area contributed by atoms with E-state index >= 15 is 17.6 Å². The zero-order valence-corrected chi connectivity index (χ0v) is 34.6. The molecule has 0 atom stereocenters. The van der Waals surface area contributed by atoms with E-state index in [9.17, 15) is 0 Å². The van der Waals surface area contributed by atoms with Crippen LogP contribution < -0.4 is 9.80 Å². The quantitative estimate of drug-likeness (QED) is 0.111. The molecule has 0 heterocycles. The van der Waals surface area contributed by atoms with Crippen molar-refractivity contribution in [2.45, 2.75) is 27.7 Å². The van der Waals surface area contributed by atoms with Crippen molar-refractivity contribution in [3.8, 4) is 22.3 Å². The number of anilines is 6. The van der Waals surface area contributed by atoms with Gasteiger partial charge in [-0.3, -0.25) is 0 Å². The minimum atomic E-state index is -0.697. The largest absolute Gasteiger partial charge is 0.307 e. The lowest BCUT2D eigenvalue weighted by atomic mass is 9.90. The Kier molecular flexibility index (Phi) is 9.52. The average Bonchev–Trinajstić information content (AvgIpc) is 3.27. The lowest BCUT2D eigenvalue weighted by molar-refractivity contribution is 0.584. The first-order chi connectivity index (χ1) is 30.1. The standard InChI is InChI=1S/C56H40F4N2/c1-33-13-11-19-43(35(33)3)47-29-39(57)31-49(59)55(47)61(41-15-7-5-8-16-41)51-27-23-37-22-26-46-52(28-24-38-21-25-45(51)53(37)54(38)46)62(42-17-9-6-10-18-42)56-48(30-40(58)32-50(56)60)44-20-12-14-34(2)36(44)4/h5-32H,1-4H3. The van der Waals surface area contributed by atoms with Gasteiger partial charge in [-0.1, -0.05) is 109 Å². The fraction of sp³-hybridized carbons (Fsp3) is 0.0714. The van der Waals surface area contributed by atoms with Crippen LogP contribution in [0.15, 0.2) is 170 Å². The molecule has 10 rings (SSSR count). The minimum Gasteiger partial charge on any atom is -0.307 e. The number of rotatable bonds is 8. The van der Waals surface area contributed by atoms with Crippen LogP contribution in [0.1, 0.15) is 22.3 Å². The van der Waals surface area contributed by atoms with Crippen LogP contribution in [-0.2, 0) is 0 Å². The van der Waals surface area contributed by atoms with Crippen LogP contribution in [0, 0.1) is 51.0 Å². The summed E-state index contributed by atoms with van der Waals surface area (Å²) in [7, 11) is 0. The average molecular weight is 817 g/mol. The molecule has 0 aliphatic heterocycles. The predicted molar refractivity (Wildman–Crippen MR) is 249 cm³/mol. The fourth-order valence-corrected chi connectivity index (χ4v) is 9.17. The number of hydrogen-bond acceptors (Lipinski definition) is 2. The van der Waals surface area contributed by atoms with Gasteiger partial charge in [0.2, 0.25) is 0 Å². The Morgan fingerprint density at radius 3 is 1.15 bits per heavy atom. The molecule has 10 aromatic rings. The molecule has 0 bridgehead atoms. The maximum atomic E-state index is 16.8. The second-order valence-electron chi connectivity index (χ2n) is 16.0. The first-order valence-electron chi connectivity index (χ1n) is 20.6. The summed E-state index contributed by atoms with van der Waals surface area (Å²) in [5.41, 5.74) is 9.43. The van der Waals surface area contributed by atoms with Gasteiger partial charge in [-0.15, -0.1) is 0 Å². The van der Waals surface area contributed by atoms with Gasteiger partial charge < -0.3 is 9.80 Å². The molecule has 0 aliphatic carbocycles. The molecule has 6 heteroatoms. The Labute approximate surface area is 357 Å². The first kappa shape index (κ1) is 38.7. The third-order valence-electron chi connectivity index (χ3n) is 12.4. The highest BCUT2D eigenvalue weighted by Crippen LogP contribution is 2.51. The van der Waals surface area contributed by atoms with E-state index in [2.05, 4.69) is 24.3 Å². The fourth-order valence-electron chi connectivity index (χ4n) is 9.17. The lowest BCUT2D eigenvalue weighted by Gasteiger charge is -2.31. The number of halogens is 4. The smallest absolute Gasteiger partial charge is 0.150 e. The Morgan fingerprint density at radius 2 is 0.742 bits per heavy atom. The molecular weight excluding hydrogens is 777 g/mol. The summed E-state index contributed by atoms with van der Waals surface area (Å²) in [4.78, 5) is 3.78. The summed E-state index contributed by atoms with van der Waals surface area (Å²) in [6, 6.07) is 51.8. The SMILES string of the molecule is Cc1cccc(-c2cc(F)cc(F)c2N(c2ccccc2)c2ccc3ccc4c(N(c5ccccc5)c5c(F)cc(F)cc5-c5cccc(C)c5C)ccc5ccc2c3c54)c1C. The van der Waals surface area contributed by atoms with E-state index in [4.69, 9.17) is 0 Å². The van der Waals surface area contributed by atoms with Crippen LogP contribution in [0.2, 0.25) is 0 Å². The van der Waals surface area contributed by atoms with Crippen LogP contribution >= 0.6 is 0 Å². The first-order valence-corrected chi connectivity index (χ1v) is 20.6. The van der Waals surface area contributed by atoms with Crippen molar-refractivity contribution in [2.75, 3.05) is 9.80 Å². The molecule has 0 N–H and O–H groups in total. The van der Waals surface area contributed by atoms with E-state index in [0.717, 1.165) is 77.8 Å². The van der Waals surface area contributed by atoms with Crippen LogP contribution in [0.5, 0.6) is 0 Å². The monoisotopic (exact) mass is 816 g/mol. The molecule has 0 saturated carbocycles. The summed E-state index contributed by atoms with van der Waals surface area (Å²) >= 11 is 0. The van der Waals surface area contributed by atoms with Crippen LogP contribution in [0.3, 0.4) is 0 Å². The van der Waals surface area contributed by atoms with Crippen LogP contribution in [0.4, 0.5) is 51.7 Å². The number of benzene rings is 10. The number of para-hydroxylation sites is 2. The van der Waals surface area contributed by atoms with Crippen molar-refractivity contribution in [3.05, 3.63) is 215 Å². The van der Waals surface area contributed by atoms with Gasteiger partial charge in [0.05, 0.1) is 22.7 Å². The molecule has 302 valence electrons. The highest BCUT2D eigenvalue weighted by molar-refractivity contribution is 6.28. The molecule has 2 nitrogen and oxygen atoms in total. The third kappa shape index (κ3) is 6.33. The molecule has 0 unspecified atom stereocenters. The van der Waals surface area contributed by atoms with E-state index < -0.39 is 23.3 Å². The Morgan fingerprint density at radius 1 is 0.355 bits per heavy atom. The summed E-state index contributed by atoms with van der Waals surface area (Å²) < 4.78 is 64.4. The summed E-state index contributed by atoms with van der Waals surface area (Å²) in [5.74, 6) is -2.73. The van der Waals surface area contributed by atoms with Crippen molar-refractivity contribution >= 4 is 66.4 Å². The van der Waals surface area contributed by atoms with Crippen LogP contribution in [-0.4, -0.2) is 0 Å². The van der Waals surface area contributed by atoms with Gasteiger partial charge in [0.25, 0.3) is 0 Å². The summed E-state index contributed by atoms with van der Waals surface area (Å²) in [6.45, 7) is 7.93. The zero-order chi connectivity index (χ0) is 42.8. The van der Waals surface area contributed by atoms with Crippen LogP contribution in [0.25, 0.3) is 54.6 Å². The number of hydrogen-bond donors (Lipinski definition) is 0. The topological polar surface area (TPSA) is 6.48 Å². The van der Waals surface area contributed by atoms with Gasteiger partial charge in [-0.25, -0.2) is 17.6 Å². The molecule has 0 amide bonds. The number of aryl methyl sites for hydroxylation is 2. The van der Waals surface area contributed by atoms with Crippen molar-refractivity contribution in [3.63, 3.8) is 0 Å². The maximum absolute atomic E-state index is 16.8. The summed E-state index contributed by atoms with van der Waals surface area (Å²) in [5, 5.41) is 5.45. The Hall–Kier alpha value is -7.44. The van der Waals surface area contributed by atoms with Gasteiger partial charge >= 0.3 is 0 Å². The molecule has 62 heavy (non-hydrogen) atoms. The molecule has 0 spiro atoms. The van der Waals surface area contributed by atoms with Crippen molar-refractivity contribution < 1.29 is 17.6 Å². The summed E-state index contributed by atoms with van der Waals surface area (Å²) in [6.07, 6.45) is 0. The Bertz CT molecular complexity index is 3120. The second-order valence-corrected chi connectivity index (χ2v) is 16.0. The molecule has 0 saturated heterocycles. The van der Waals surface area contributed by atoms with Gasteiger partial charge in [0.15, 0.2) is 11.6 Å². The highest BCUT2D eigenvalue weighted by atomic mass is 19.1. The second kappa shape index (κ2) is 15.2. The molecule has 10 aromatic carbocycles. The van der Waals surface area contributed by atoms with Crippen molar-refractivity contribution in [2.24, 2.45) is 0 Å². The lowest BCUT2D eigenvalue weighted by Crippen LogP contribution is -2.15. The van der Waals surface area contributed by atoms with Crippen molar-refractivity contribution in [1.82, 2.24) is 0 Å². The zero-order valence-electron chi connectivity index (χ0n) is 34.6. The molecule has 0 fully saturated rings. The molecule has 0 aliphatic rings. The predicted octanol–water partition coefficient (Wildman–Crippen LogP) is 16.6. The van der Waals surface area contributed by atoms with E-state index in [1.54, 1.807) is 0 Å². The van der Waals surface area contributed by atoms with E-state index in [0.29, 0.717) is 33.9 Å². The molecule has 0 radical (unpaired) electrons. The third-order valence-corrected chi connectivity index (χ3v) is 12.4. The van der Waals surface area contributed by atoms with E-state index in [-0.39, 0.29) is 11.4 Å². The maximum Gasteiger partial charge on any atom is 0.150 e. The van der Waals surface area contributed by atoms with Gasteiger partial charge in [-0.2, -0.15) is 0 Å². The van der Waals surface area contributed by atoms with E-state index in [1.165, 1.54) is 12.1 Å². The normalized spacial score (nSPS) is 11.5. The molecular formula is C56H40F4N2. The highest BCUT2D eigenvalue weighted by Gasteiger charge is 2.28. The van der Waals surface area contributed by atoms with Gasteiger partial charge in [-0.05, 0) is 131 Å². The minimum absolute atomic E-state index is 0.225. The van der Waals surface area contributed by atoms with Crippen molar-refractivity contribution in [1.29, 1.82) is 0 Å². The van der Waals surface area contributed by atoms with E-state index in [1.807, 2.05) is 159 Å². The number of nitrogens with zero attached hydrogens (tertiary/aromatic N) is 2. The van der Waals surface area contributed by atoms with Gasteiger partial charge in [0, 0.05) is 45.4 Å². The molecule has 0 aromatic heterocycles. The Balaban J connectivity index is 1.27. The van der Waals surface area contributed by atoms with Gasteiger partial charge in [0.1, 0.15) is 11.6 Å².